The molecule has 0 N–H and O–H groups in total. The molecule has 0 aromatic heterocycles. The molecule has 0 atom stereocenters. The van der Waals surface area contributed by atoms with Crippen molar-refractivity contribution >= 4 is 11.6 Å². The van der Waals surface area contributed by atoms with E-state index in [2.05, 4.69) is 91.0 Å². The predicted octanol–water partition coefficient (Wildman–Crippen LogP) is 7.33. The second-order valence-corrected chi connectivity index (χ2v) is 8.41. The van der Waals surface area contributed by atoms with Crippen LogP contribution in [-0.4, -0.2) is 11.6 Å². The van der Waals surface area contributed by atoms with Gasteiger partial charge in [0.2, 0.25) is 0 Å². The molecule has 2 nitrogen and oxygen atoms in total. The Morgan fingerprint density at radius 1 is 0.314 bits per heavy atom. The fraction of sp³-hybridized carbons (Fsp3) is 0.0303. The second-order valence-electron chi connectivity index (χ2n) is 8.41. The van der Waals surface area contributed by atoms with Gasteiger partial charge in [0.05, 0.1) is 0 Å². The molecule has 0 bridgehead atoms. The van der Waals surface area contributed by atoms with Crippen LogP contribution in [0.4, 0.5) is 0 Å². The summed E-state index contributed by atoms with van der Waals surface area (Å²) in [5.41, 5.74) is 6.02. The van der Waals surface area contributed by atoms with E-state index < -0.39 is 0 Å². The number of hydrogen-bond acceptors (Lipinski definition) is 2. The van der Waals surface area contributed by atoms with Crippen molar-refractivity contribution in [2.45, 2.75) is 5.92 Å². The Kier molecular flexibility index (Phi) is 6.45. The van der Waals surface area contributed by atoms with E-state index in [4.69, 9.17) is 0 Å². The normalized spacial score (nSPS) is 11.8. The Morgan fingerprint density at radius 3 is 0.800 bits per heavy atom. The first kappa shape index (κ1) is 22.2. The van der Waals surface area contributed by atoms with E-state index in [-0.39, 0.29) is 11.6 Å². The molecule has 5 aromatic carbocycles. The summed E-state index contributed by atoms with van der Waals surface area (Å²) in [6.07, 6.45) is 0. The van der Waals surface area contributed by atoms with E-state index in [0.29, 0.717) is 28.2 Å². The molecule has 0 saturated carbocycles. The lowest BCUT2D eigenvalue weighted by Crippen LogP contribution is -2.20. The SMILES string of the molecule is O=C1c2ccccc2C(=O)c2ccccc21.c1ccc(C(c2ccccc2)c2ccccc2)cc1. The van der Waals surface area contributed by atoms with Gasteiger partial charge in [-0.1, -0.05) is 140 Å². The van der Waals surface area contributed by atoms with Gasteiger partial charge in [-0.2, -0.15) is 0 Å². The summed E-state index contributed by atoms with van der Waals surface area (Å²) in [7, 11) is 0. The molecule has 35 heavy (non-hydrogen) atoms. The van der Waals surface area contributed by atoms with Gasteiger partial charge >= 0.3 is 0 Å². The fourth-order valence-corrected chi connectivity index (χ4v) is 4.56. The average molecular weight is 453 g/mol. The number of ketones is 2. The van der Waals surface area contributed by atoms with E-state index in [9.17, 15) is 9.59 Å². The van der Waals surface area contributed by atoms with Crippen molar-refractivity contribution in [3.63, 3.8) is 0 Å². The molecular formula is C33H24O2. The van der Waals surface area contributed by atoms with Crippen LogP contribution in [0.25, 0.3) is 0 Å². The molecule has 0 fully saturated rings. The second kappa shape index (κ2) is 10.1. The van der Waals surface area contributed by atoms with Gasteiger partial charge in [0, 0.05) is 28.2 Å². The lowest BCUT2D eigenvalue weighted by molar-refractivity contribution is 0.0979. The zero-order chi connectivity index (χ0) is 24.0. The van der Waals surface area contributed by atoms with Crippen molar-refractivity contribution in [2.24, 2.45) is 0 Å². The van der Waals surface area contributed by atoms with E-state index in [1.54, 1.807) is 48.5 Å². The minimum atomic E-state index is -0.0641. The molecule has 0 saturated heterocycles. The maximum absolute atomic E-state index is 12.1. The van der Waals surface area contributed by atoms with Gasteiger partial charge in [-0.15, -0.1) is 0 Å². The van der Waals surface area contributed by atoms with Gasteiger partial charge in [-0.25, -0.2) is 0 Å². The highest BCUT2D eigenvalue weighted by atomic mass is 16.1. The highest BCUT2D eigenvalue weighted by Gasteiger charge is 2.28. The predicted molar refractivity (Wildman–Crippen MR) is 140 cm³/mol. The number of benzene rings is 5. The monoisotopic (exact) mass is 452 g/mol. The summed E-state index contributed by atoms with van der Waals surface area (Å²) in [5, 5.41) is 0. The first-order valence-electron chi connectivity index (χ1n) is 11.7. The minimum Gasteiger partial charge on any atom is -0.289 e. The van der Waals surface area contributed by atoms with Gasteiger partial charge in [0.1, 0.15) is 0 Å². The van der Waals surface area contributed by atoms with Crippen molar-refractivity contribution in [1.82, 2.24) is 0 Å². The molecule has 0 heterocycles. The third-order valence-corrected chi connectivity index (χ3v) is 6.23. The number of fused-ring (bicyclic) bond motifs is 2. The van der Waals surface area contributed by atoms with Gasteiger partial charge in [0.15, 0.2) is 11.6 Å². The van der Waals surface area contributed by atoms with Crippen LogP contribution in [0.15, 0.2) is 140 Å². The summed E-state index contributed by atoms with van der Waals surface area (Å²) in [6.45, 7) is 0. The highest BCUT2D eigenvalue weighted by Crippen LogP contribution is 2.31. The zero-order valence-electron chi connectivity index (χ0n) is 19.2. The molecule has 0 unspecified atom stereocenters. The van der Waals surface area contributed by atoms with Crippen LogP contribution in [0.5, 0.6) is 0 Å². The summed E-state index contributed by atoms with van der Waals surface area (Å²) in [4.78, 5) is 24.2. The van der Waals surface area contributed by atoms with Gasteiger partial charge < -0.3 is 0 Å². The smallest absolute Gasteiger partial charge is 0.194 e. The van der Waals surface area contributed by atoms with E-state index in [1.165, 1.54) is 16.7 Å². The van der Waals surface area contributed by atoms with Crippen LogP contribution in [-0.2, 0) is 0 Å². The Labute approximate surface area is 205 Å². The van der Waals surface area contributed by atoms with E-state index in [0.717, 1.165) is 0 Å². The van der Waals surface area contributed by atoms with Crippen molar-refractivity contribution in [3.05, 3.63) is 178 Å². The molecule has 168 valence electrons. The Morgan fingerprint density at radius 2 is 0.543 bits per heavy atom. The maximum atomic E-state index is 12.1. The Bertz CT molecular complexity index is 1260. The quantitative estimate of drug-likeness (QED) is 0.264. The van der Waals surface area contributed by atoms with Crippen LogP contribution >= 0.6 is 0 Å². The molecule has 0 amide bonds. The van der Waals surface area contributed by atoms with Crippen molar-refractivity contribution in [3.8, 4) is 0 Å². The Balaban J connectivity index is 0.000000147. The van der Waals surface area contributed by atoms with Crippen molar-refractivity contribution in [2.75, 3.05) is 0 Å². The van der Waals surface area contributed by atoms with Crippen LogP contribution < -0.4 is 0 Å². The molecule has 5 aromatic rings. The van der Waals surface area contributed by atoms with Crippen LogP contribution in [0.2, 0.25) is 0 Å². The highest BCUT2D eigenvalue weighted by molar-refractivity contribution is 6.28. The van der Waals surface area contributed by atoms with Gasteiger partial charge in [0.25, 0.3) is 0 Å². The molecule has 1 aliphatic carbocycles. The topological polar surface area (TPSA) is 34.1 Å². The average Bonchev–Trinajstić information content (AvgIpc) is 2.94. The zero-order valence-corrected chi connectivity index (χ0v) is 19.2. The summed E-state index contributed by atoms with van der Waals surface area (Å²) < 4.78 is 0. The van der Waals surface area contributed by atoms with E-state index >= 15 is 0 Å². The first-order valence-corrected chi connectivity index (χ1v) is 11.7. The van der Waals surface area contributed by atoms with Crippen molar-refractivity contribution in [1.29, 1.82) is 0 Å². The largest absolute Gasteiger partial charge is 0.289 e. The summed E-state index contributed by atoms with van der Waals surface area (Å²) >= 11 is 0. The van der Waals surface area contributed by atoms with Crippen molar-refractivity contribution < 1.29 is 9.59 Å². The molecule has 0 radical (unpaired) electrons. The lowest BCUT2D eigenvalue weighted by atomic mass is 9.84. The van der Waals surface area contributed by atoms with Crippen LogP contribution in [0, 0.1) is 0 Å². The number of rotatable bonds is 3. The van der Waals surface area contributed by atoms with Gasteiger partial charge in [-0.05, 0) is 16.7 Å². The summed E-state index contributed by atoms with van der Waals surface area (Å²) in [5.74, 6) is 0.181. The van der Waals surface area contributed by atoms with Crippen LogP contribution in [0.1, 0.15) is 54.5 Å². The minimum absolute atomic E-state index is 0.0641. The van der Waals surface area contributed by atoms with Crippen LogP contribution in [0.3, 0.4) is 0 Å². The molecule has 2 heteroatoms. The molecular weight excluding hydrogens is 428 g/mol. The molecule has 1 aliphatic rings. The molecule has 6 rings (SSSR count). The van der Waals surface area contributed by atoms with Gasteiger partial charge in [-0.3, -0.25) is 9.59 Å². The molecule has 0 spiro atoms. The molecule has 0 aliphatic heterocycles. The Hall–Kier alpha value is -4.56. The third-order valence-electron chi connectivity index (χ3n) is 6.23. The van der Waals surface area contributed by atoms with E-state index in [1.807, 2.05) is 0 Å². The third kappa shape index (κ3) is 4.60. The maximum Gasteiger partial charge on any atom is 0.194 e. The standard InChI is InChI=1S/C19H16.C14H8O2/c1-4-10-16(11-5-1)19(17-12-6-2-7-13-17)18-14-8-3-9-15-18;15-13-9-5-1-2-6-10(9)14(16)12-8-4-3-7-11(12)13/h1-15,19H;1-8H. The first-order chi connectivity index (χ1) is 17.2. The number of carbonyl (C=O) groups is 2. The fourth-order valence-electron chi connectivity index (χ4n) is 4.56. The summed E-state index contributed by atoms with van der Waals surface area (Å²) in [6, 6.07) is 45.9. The number of carbonyl (C=O) groups excluding carboxylic acids is 2. The number of hydrogen-bond donors (Lipinski definition) is 0. The lowest BCUT2D eigenvalue weighted by Gasteiger charge is -2.18.